The highest BCUT2D eigenvalue weighted by Gasteiger charge is 2.07. The van der Waals surface area contributed by atoms with E-state index in [0.717, 1.165) is 0 Å². The third kappa shape index (κ3) is 2.43. The minimum Gasteiger partial charge on any atom is -0.495 e. The van der Waals surface area contributed by atoms with Crippen LogP contribution in [0.15, 0.2) is 24.3 Å². The van der Waals surface area contributed by atoms with Gasteiger partial charge in [-0.05, 0) is 12.1 Å². The van der Waals surface area contributed by atoms with Gasteiger partial charge < -0.3 is 15.8 Å². The Kier molecular flexibility index (Phi) is 3.41. The predicted molar refractivity (Wildman–Crippen MR) is 58.4 cm³/mol. The average molecular weight is 210 g/mol. The molecular formula is C9H10N2O2S. The van der Waals surface area contributed by atoms with Crippen LogP contribution in [0.3, 0.4) is 0 Å². The number of carbonyl (C=O) groups excluding carboxylic acids is 1. The van der Waals surface area contributed by atoms with Gasteiger partial charge in [-0.25, -0.2) is 0 Å². The smallest absolute Gasteiger partial charge is 0.276 e. The maximum atomic E-state index is 10.7. The van der Waals surface area contributed by atoms with Gasteiger partial charge in [-0.15, -0.1) is 0 Å². The van der Waals surface area contributed by atoms with E-state index in [9.17, 15) is 4.79 Å². The maximum absolute atomic E-state index is 10.7. The van der Waals surface area contributed by atoms with Crippen molar-refractivity contribution in [2.75, 3.05) is 12.4 Å². The molecule has 0 spiro atoms. The van der Waals surface area contributed by atoms with Crippen molar-refractivity contribution >= 4 is 28.8 Å². The Morgan fingerprint density at radius 1 is 1.50 bits per heavy atom. The lowest BCUT2D eigenvalue weighted by molar-refractivity contribution is -0.111. The van der Waals surface area contributed by atoms with E-state index in [1.165, 1.54) is 7.11 Å². The lowest BCUT2D eigenvalue weighted by Crippen LogP contribution is -2.27. The molecular weight excluding hydrogens is 200 g/mol. The molecule has 74 valence electrons. The SMILES string of the molecule is COc1ccccc1NC(=S)C(N)=O. The lowest BCUT2D eigenvalue weighted by Gasteiger charge is -2.09. The zero-order valence-corrected chi connectivity index (χ0v) is 8.43. The summed E-state index contributed by atoms with van der Waals surface area (Å²) in [5.74, 6) is -0.0537. The number of para-hydroxylation sites is 2. The van der Waals surface area contributed by atoms with Gasteiger partial charge in [-0.1, -0.05) is 24.4 Å². The van der Waals surface area contributed by atoms with Crippen molar-refractivity contribution in [2.24, 2.45) is 5.73 Å². The molecule has 4 nitrogen and oxygen atoms in total. The molecule has 0 radical (unpaired) electrons. The zero-order chi connectivity index (χ0) is 10.6. The number of rotatable bonds is 2. The topological polar surface area (TPSA) is 64.3 Å². The van der Waals surface area contributed by atoms with Crippen molar-refractivity contribution in [1.29, 1.82) is 0 Å². The molecule has 0 heterocycles. The monoisotopic (exact) mass is 210 g/mol. The lowest BCUT2D eigenvalue weighted by atomic mass is 10.3. The number of carbonyl (C=O) groups is 1. The second-order valence-corrected chi connectivity index (χ2v) is 2.93. The summed E-state index contributed by atoms with van der Waals surface area (Å²) in [6.45, 7) is 0. The number of amides is 1. The van der Waals surface area contributed by atoms with E-state index in [4.69, 9.17) is 22.7 Å². The van der Waals surface area contributed by atoms with Crippen LogP contribution >= 0.6 is 12.2 Å². The molecule has 0 saturated carbocycles. The quantitative estimate of drug-likeness (QED) is 0.712. The largest absolute Gasteiger partial charge is 0.495 e. The van der Waals surface area contributed by atoms with Crippen LogP contribution < -0.4 is 15.8 Å². The summed E-state index contributed by atoms with van der Waals surface area (Å²) in [5.41, 5.74) is 5.62. The van der Waals surface area contributed by atoms with E-state index in [1.54, 1.807) is 18.2 Å². The Morgan fingerprint density at radius 3 is 2.71 bits per heavy atom. The van der Waals surface area contributed by atoms with Crippen LogP contribution in [-0.2, 0) is 4.79 Å². The van der Waals surface area contributed by atoms with Crippen molar-refractivity contribution in [2.45, 2.75) is 0 Å². The normalized spacial score (nSPS) is 9.21. The number of anilines is 1. The summed E-state index contributed by atoms with van der Waals surface area (Å²) >= 11 is 4.73. The molecule has 5 heteroatoms. The second kappa shape index (κ2) is 4.57. The van der Waals surface area contributed by atoms with Gasteiger partial charge in [0.15, 0.2) is 4.99 Å². The Bertz CT molecular complexity index is 366. The Hall–Kier alpha value is -1.62. The molecule has 1 amide bonds. The molecule has 0 aromatic heterocycles. The summed E-state index contributed by atoms with van der Waals surface area (Å²) in [4.78, 5) is 10.6. The number of hydrogen-bond acceptors (Lipinski definition) is 3. The molecule has 1 aromatic rings. The summed E-state index contributed by atoms with van der Waals surface area (Å²) in [6, 6.07) is 7.12. The average Bonchev–Trinajstić information content (AvgIpc) is 2.18. The Balaban J connectivity index is 2.85. The van der Waals surface area contributed by atoms with Crippen molar-refractivity contribution in [3.05, 3.63) is 24.3 Å². The van der Waals surface area contributed by atoms with Crippen LogP contribution in [0.5, 0.6) is 5.75 Å². The number of thiocarbonyl (C=S) groups is 1. The first-order chi connectivity index (χ1) is 6.65. The molecule has 0 aliphatic carbocycles. The van der Waals surface area contributed by atoms with E-state index in [1.807, 2.05) is 6.07 Å². The van der Waals surface area contributed by atoms with Gasteiger partial charge in [-0.3, -0.25) is 4.79 Å². The van der Waals surface area contributed by atoms with Crippen LogP contribution in [0.25, 0.3) is 0 Å². The minimum absolute atomic E-state index is 0.0329. The molecule has 0 unspecified atom stereocenters. The maximum Gasteiger partial charge on any atom is 0.276 e. The van der Waals surface area contributed by atoms with E-state index >= 15 is 0 Å². The van der Waals surface area contributed by atoms with Crippen LogP contribution in [-0.4, -0.2) is 18.0 Å². The third-order valence-corrected chi connectivity index (χ3v) is 1.88. The summed E-state index contributed by atoms with van der Waals surface area (Å²) in [6.07, 6.45) is 0. The first-order valence-electron chi connectivity index (χ1n) is 3.89. The molecule has 0 aliphatic heterocycles. The van der Waals surface area contributed by atoms with Crippen LogP contribution in [0.2, 0.25) is 0 Å². The Labute approximate surface area is 87.0 Å². The van der Waals surface area contributed by atoms with Gasteiger partial charge >= 0.3 is 0 Å². The van der Waals surface area contributed by atoms with E-state index < -0.39 is 5.91 Å². The van der Waals surface area contributed by atoms with E-state index in [0.29, 0.717) is 11.4 Å². The number of nitrogens with two attached hydrogens (primary N) is 1. The first-order valence-corrected chi connectivity index (χ1v) is 4.29. The number of hydrogen-bond donors (Lipinski definition) is 2. The number of primary amides is 1. The Morgan fingerprint density at radius 2 is 2.14 bits per heavy atom. The van der Waals surface area contributed by atoms with Crippen LogP contribution in [0, 0.1) is 0 Å². The number of methoxy groups -OCH3 is 1. The van der Waals surface area contributed by atoms with Crippen molar-refractivity contribution in [3.63, 3.8) is 0 Å². The summed E-state index contributed by atoms with van der Waals surface area (Å²) in [7, 11) is 1.54. The standard InChI is InChI=1S/C9H10N2O2S/c1-13-7-5-3-2-4-6(7)11-9(14)8(10)12/h2-5H,1H3,(H2,10,12)(H,11,14). The van der Waals surface area contributed by atoms with Crippen molar-refractivity contribution < 1.29 is 9.53 Å². The van der Waals surface area contributed by atoms with Gasteiger partial charge in [0.2, 0.25) is 0 Å². The fourth-order valence-corrected chi connectivity index (χ4v) is 1.04. The molecule has 0 atom stereocenters. The molecule has 0 saturated heterocycles. The van der Waals surface area contributed by atoms with Crippen LogP contribution in [0.1, 0.15) is 0 Å². The van der Waals surface area contributed by atoms with Gasteiger partial charge in [0.05, 0.1) is 12.8 Å². The minimum atomic E-state index is -0.661. The van der Waals surface area contributed by atoms with Crippen molar-refractivity contribution in [3.8, 4) is 5.75 Å². The fraction of sp³-hybridized carbons (Fsp3) is 0.111. The van der Waals surface area contributed by atoms with Crippen molar-refractivity contribution in [1.82, 2.24) is 0 Å². The number of benzene rings is 1. The predicted octanol–water partition coefficient (Wildman–Crippen LogP) is 0.920. The van der Waals surface area contributed by atoms with E-state index in [-0.39, 0.29) is 4.99 Å². The zero-order valence-electron chi connectivity index (χ0n) is 7.61. The molecule has 3 N–H and O–H groups in total. The van der Waals surface area contributed by atoms with Crippen LogP contribution in [0.4, 0.5) is 5.69 Å². The molecule has 1 rings (SSSR count). The molecule has 14 heavy (non-hydrogen) atoms. The highest BCUT2D eigenvalue weighted by molar-refractivity contribution is 7.82. The number of nitrogens with one attached hydrogen (secondary N) is 1. The second-order valence-electron chi connectivity index (χ2n) is 2.52. The van der Waals surface area contributed by atoms with E-state index in [2.05, 4.69) is 5.32 Å². The van der Waals surface area contributed by atoms with Gasteiger partial charge in [0, 0.05) is 0 Å². The van der Waals surface area contributed by atoms with Gasteiger partial charge in [0.25, 0.3) is 5.91 Å². The summed E-state index contributed by atoms with van der Waals surface area (Å²) < 4.78 is 5.05. The summed E-state index contributed by atoms with van der Waals surface area (Å²) in [5, 5.41) is 2.69. The molecule has 0 bridgehead atoms. The molecule has 0 aliphatic rings. The fourth-order valence-electron chi connectivity index (χ4n) is 0.932. The molecule has 0 fully saturated rings. The number of ether oxygens (including phenoxy) is 1. The molecule has 1 aromatic carbocycles. The third-order valence-electron chi connectivity index (χ3n) is 1.58. The highest BCUT2D eigenvalue weighted by Crippen LogP contribution is 2.22. The van der Waals surface area contributed by atoms with Gasteiger partial charge in [-0.2, -0.15) is 0 Å². The highest BCUT2D eigenvalue weighted by atomic mass is 32.1. The van der Waals surface area contributed by atoms with Gasteiger partial charge in [0.1, 0.15) is 5.75 Å². The first kappa shape index (κ1) is 10.5.